The van der Waals surface area contributed by atoms with Crippen LogP contribution >= 0.6 is 11.8 Å². The van der Waals surface area contributed by atoms with Crippen molar-refractivity contribution in [1.82, 2.24) is 5.32 Å². The minimum atomic E-state index is -0.600. The Balaban J connectivity index is 2.20. The van der Waals surface area contributed by atoms with Crippen LogP contribution in [0.3, 0.4) is 0 Å². The number of hydrogen-bond acceptors (Lipinski definition) is 5. The fourth-order valence-electron chi connectivity index (χ4n) is 3.07. The summed E-state index contributed by atoms with van der Waals surface area (Å²) in [4.78, 5) is 13.1. The van der Waals surface area contributed by atoms with E-state index in [-0.39, 0.29) is 18.6 Å². The summed E-state index contributed by atoms with van der Waals surface area (Å²) in [6.45, 7) is 1.09. The highest BCUT2D eigenvalue weighted by atomic mass is 32.2. The Morgan fingerprint density at radius 1 is 1.38 bits per heavy atom. The van der Waals surface area contributed by atoms with Crippen LogP contribution in [0.25, 0.3) is 0 Å². The van der Waals surface area contributed by atoms with E-state index in [0.29, 0.717) is 26.1 Å². The van der Waals surface area contributed by atoms with Gasteiger partial charge in [-0.2, -0.15) is 11.8 Å². The summed E-state index contributed by atoms with van der Waals surface area (Å²) in [6, 6.07) is 7.48. The Morgan fingerprint density at radius 2 is 2.04 bits per heavy atom. The summed E-state index contributed by atoms with van der Waals surface area (Å²) in [5.41, 5.74) is 0.378. The van der Waals surface area contributed by atoms with E-state index >= 15 is 0 Å². The molecule has 1 aromatic carbocycles. The number of aliphatic hydroxyl groups excluding tert-OH is 1. The molecule has 24 heavy (non-hydrogen) atoms. The van der Waals surface area contributed by atoms with Crippen molar-refractivity contribution in [3.63, 3.8) is 0 Å². The van der Waals surface area contributed by atoms with Crippen molar-refractivity contribution >= 4 is 17.7 Å². The van der Waals surface area contributed by atoms with Gasteiger partial charge < -0.3 is 19.9 Å². The van der Waals surface area contributed by atoms with E-state index in [1.165, 1.54) is 0 Å². The van der Waals surface area contributed by atoms with Gasteiger partial charge in [0.2, 0.25) is 5.91 Å². The number of ether oxygens (including phenoxy) is 2. The Labute approximate surface area is 148 Å². The fourth-order valence-corrected chi connectivity index (χ4v) is 3.59. The molecule has 0 radical (unpaired) electrons. The summed E-state index contributed by atoms with van der Waals surface area (Å²) < 4.78 is 10.7. The standard InChI is InChI=1S/C18H27NO4S/c1-22-16-5-3-14(4-6-16)18(8-10-23-11-9-18)17(21)19-15(13-20)7-12-24-2/h3-6,15,20H,7-13H2,1-2H3,(H,19,21)/t15-/m1/s1. The molecule has 1 amide bonds. The largest absolute Gasteiger partial charge is 0.497 e. The average molecular weight is 353 g/mol. The maximum Gasteiger partial charge on any atom is 0.231 e. The lowest BCUT2D eigenvalue weighted by Crippen LogP contribution is -2.52. The minimum Gasteiger partial charge on any atom is -0.497 e. The highest BCUT2D eigenvalue weighted by Crippen LogP contribution is 2.36. The van der Waals surface area contributed by atoms with E-state index in [9.17, 15) is 9.90 Å². The molecule has 6 heteroatoms. The second-order valence-electron chi connectivity index (χ2n) is 6.06. The Bertz CT molecular complexity index is 514. The molecule has 1 heterocycles. The first-order chi connectivity index (χ1) is 11.7. The Morgan fingerprint density at radius 3 is 2.58 bits per heavy atom. The summed E-state index contributed by atoms with van der Waals surface area (Å²) in [6.07, 6.45) is 4.07. The van der Waals surface area contributed by atoms with Crippen molar-refractivity contribution in [3.05, 3.63) is 29.8 Å². The summed E-state index contributed by atoms with van der Waals surface area (Å²) in [7, 11) is 1.63. The van der Waals surface area contributed by atoms with Crippen LogP contribution in [0.15, 0.2) is 24.3 Å². The van der Waals surface area contributed by atoms with Gasteiger partial charge >= 0.3 is 0 Å². The zero-order chi connectivity index (χ0) is 17.4. The normalized spacial score (nSPS) is 18.0. The van der Waals surface area contributed by atoms with Gasteiger partial charge in [0.05, 0.1) is 25.2 Å². The topological polar surface area (TPSA) is 67.8 Å². The monoisotopic (exact) mass is 353 g/mol. The predicted molar refractivity (Wildman–Crippen MR) is 96.7 cm³/mol. The third-order valence-electron chi connectivity index (χ3n) is 4.65. The quantitative estimate of drug-likeness (QED) is 0.748. The van der Waals surface area contributed by atoms with Crippen molar-refractivity contribution in [2.24, 2.45) is 0 Å². The lowest BCUT2D eigenvalue weighted by molar-refractivity contribution is -0.131. The lowest BCUT2D eigenvalue weighted by atomic mass is 9.73. The highest BCUT2D eigenvalue weighted by molar-refractivity contribution is 7.98. The Kier molecular flexibility index (Phi) is 7.40. The molecule has 0 spiro atoms. The zero-order valence-electron chi connectivity index (χ0n) is 14.4. The molecule has 1 fully saturated rings. The molecule has 134 valence electrons. The number of amides is 1. The van der Waals surface area contributed by atoms with Crippen molar-refractivity contribution in [1.29, 1.82) is 0 Å². The van der Waals surface area contributed by atoms with Crippen LogP contribution in [0.5, 0.6) is 5.75 Å². The van der Waals surface area contributed by atoms with Crippen molar-refractivity contribution in [3.8, 4) is 5.75 Å². The smallest absolute Gasteiger partial charge is 0.231 e. The van der Waals surface area contributed by atoms with Crippen molar-refractivity contribution in [2.45, 2.75) is 30.7 Å². The first-order valence-corrected chi connectivity index (χ1v) is 9.68. The van der Waals surface area contributed by atoms with Gasteiger partial charge in [0.15, 0.2) is 0 Å². The molecule has 1 aliphatic heterocycles. The summed E-state index contributed by atoms with van der Waals surface area (Å²) in [5.74, 6) is 1.66. The molecule has 0 aromatic heterocycles. The second kappa shape index (κ2) is 9.30. The minimum absolute atomic E-state index is 0.0175. The number of nitrogens with one attached hydrogen (secondary N) is 1. The predicted octanol–water partition coefficient (Wildman–Crippen LogP) is 1.97. The number of carbonyl (C=O) groups is 1. The molecule has 2 N–H and O–H groups in total. The van der Waals surface area contributed by atoms with E-state index < -0.39 is 5.41 Å². The average Bonchev–Trinajstić information content (AvgIpc) is 2.65. The first kappa shape index (κ1) is 19.1. The molecule has 1 atom stereocenters. The van der Waals surface area contributed by atoms with Gasteiger partial charge in [-0.05, 0) is 49.0 Å². The number of carbonyl (C=O) groups excluding carboxylic acids is 1. The van der Waals surface area contributed by atoms with Crippen LogP contribution in [0.1, 0.15) is 24.8 Å². The molecule has 5 nitrogen and oxygen atoms in total. The molecule has 0 bridgehead atoms. The van der Waals surface area contributed by atoms with E-state index in [1.54, 1.807) is 18.9 Å². The van der Waals surface area contributed by atoms with Gasteiger partial charge in [-0.3, -0.25) is 4.79 Å². The van der Waals surface area contributed by atoms with Gasteiger partial charge in [-0.15, -0.1) is 0 Å². The zero-order valence-corrected chi connectivity index (χ0v) is 15.2. The molecule has 0 saturated carbocycles. The molecular formula is C18H27NO4S. The van der Waals surface area contributed by atoms with E-state index in [0.717, 1.165) is 23.5 Å². The van der Waals surface area contributed by atoms with Gasteiger partial charge in [0.25, 0.3) is 0 Å². The molecule has 0 aliphatic carbocycles. The van der Waals surface area contributed by atoms with Crippen LogP contribution in [0.2, 0.25) is 0 Å². The maximum absolute atomic E-state index is 13.1. The van der Waals surface area contributed by atoms with Crippen LogP contribution < -0.4 is 10.1 Å². The number of thioether (sulfide) groups is 1. The Hall–Kier alpha value is -1.24. The van der Waals surface area contributed by atoms with Gasteiger partial charge in [0, 0.05) is 13.2 Å². The molecular weight excluding hydrogens is 326 g/mol. The number of hydrogen-bond donors (Lipinski definition) is 2. The molecule has 2 rings (SSSR count). The van der Waals surface area contributed by atoms with Crippen LogP contribution in [0.4, 0.5) is 0 Å². The number of benzene rings is 1. The molecule has 1 saturated heterocycles. The maximum atomic E-state index is 13.1. The van der Waals surface area contributed by atoms with E-state index in [2.05, 4.69) is 5.32 Å². The second-order valence-corrected chi connectivity index (χ2v) is 7.04. The van der Waals surface area contributed by atoms with Crippen LogP contribution in [-0.4, -0.2) is 56.0 Å². The third-order valence-corrected chi connectivity index (χ3v) is 5.29. The number of methoxy groups -OCH3 is 1. The fraction of sp³-hybridized carbons (Fsp3) is 0.611. The van der Waals surface area contributed by atoms with Gasteiger partial charge in [0.1, 0.15) is 5.75 Å². The lowest BCUT2D eigenvalue weighted by Gasteiger charge is -2.37. The number of aliphatic hydroxyl groups is 1. The van der Waals surface area contributed by atoms with Gasteiger partial charge in [-0.25, -0.2) is 0 Å². The third kappa shape index (κ3) is 4.43. The molecule has 1 aromatic rings. The van der Waals surface area contributed by atoms with E-state index in [4.69, 9.17) is 9.47 Å². The van der Waals surface area contributed by atoms with Crippen molar-refractivity contribution in [2.75, 3.05) is 38.9 Å². The van der Waals surface area contributed by atoms with Crippen LogP contribution in [-0.2, 0) is 14.9 Å². The molecule has 1 aliphatic rings. The van der Waals surface area contributed by atoms with Crippen molar-refractivity contribution < 1.29 is 19.4 Å². The SMILES string of the molecule is COc1ccc(C2(C(=O)N[C@@H](CO)CCSC)CCOCC2)cc1. The van der Waals surface area contributed by atoms with E-state index in [1.807, 2.05) is 30.5 Å². The van der Waals surface area contributed by atoms with Gasteiger partial charge in [-0.1, -0.05) is 12.1 Å². The first-order valence-electron chi connectivity index (χ1n) is 8.29. The summed E-state index contributed by atoms with van der Waals surface area (Å²) >= 11 is 1.71. The molecule has 0 unspecified atom stereocenters. The highest BCUT2D eigenvalue weighted by Gasteiger charge is 2.42. The van der Waals surface area contributed by atoms with Crippen LogP contribution in [0, 0.1) is 0 Å². The summed E-state index contributed by atoms with van der Waals surface area (Å²) in [5, 5.41) is 12.6. The number of rotatable bonds is 8.